The summed E-state index contributed by atoms with van der Waals surface area (Å²) >= 11 is 12.1. The van der Waals surface area contributed by atoms with Gasteiger partial charge in [-0.1, -0.05) is 35.3 Å². The van der Waals surface area contributed by atoms with Crippen molar-refractivity contribution in [3.05, 3.63) is 64.8 Å². The van der Waals surface area contributed by atoms with Crippen molar-refractivity contribution < 1.29 is 0 Å². The van der Waals surface area contributed by atoms with E-state index in [2.05, 4.69) is 22.1 Å². The number of fused-ring (bicyclic) bond motifs is 1. The van der Waals surface area contributed by atoms with Crippen LogP contribution in [-0.4, -0.2) is 11.1 Å². The molecule has 4 heteroatoms. The molecule has 0 saturated carbocycles. The van der Waals surface area contributed by atoms with Crippen LogP contribution in [0.2, 0.25) is 10.0 Å². The lowest BCUT2D eigenvalue weighted by atomic mass is 10.2. The molecule has 0 atom stereocenters. The molecule has 0 saturated heterocycles. The molecule has 1 N–H and O–H groups in total. The number of aromatic nitrogens is 1. The molecule has 20 heavy (non-hydrogen) atoms. The van der Waals surface area contributed by atoms with E-state index in [0.717, 1.165) is 34.2 Å². The summed E-state index contributed by atoms with van der Waals surface area (Å²) in [7, 11) is 0. The Balaban J connectivity index is 1.70. The fraction of sp³-hybridized carbons (Fsp3) is 0.125. The molecular weight excluding hydrogens is 291 g/mol. The highest BCUT2D eigenvalue weighted by Gasteiger charge is 2.02. The zero-order valence-electron chi connectivity index (χ0n) is 10.8. The van der Waals surface area contributed by atoms with Crippen LogP contribution in [0.3, 0.4) is 0 Å². The first-order valence-corrected chi connectivity index (χ1v) is 7.22. The van der Waals surface area contributed by atoms with Crippen LogP contribution < -0.4 is 5.32 Å². The maximum absolute atomic E-state index is 6.11. The van der Waals surface area contributed by atoms with Gasteiger partial charge in [-0.05, 0) is 36.4 Å². The molecular formula is C16H14Cl2N2. The van der Waals surface area contributed by atoms with Crippen molar-refractivity contribution in [2.24, 2.45) is 0 Å². The molecule has 0 unspecified atom stereocenters. The molecule has 2 aromatic carbocycles. The second kappa shape index (κ2) is 5.78. The van der Waals surface area contributed by atoms with Gasteiger partial charge in [-0.2, -0.15) is 0 Å². The quantitative estimate of drug-likeness (QED) is 0.713. The van der Waals surface area contributed by atoms with Gasteiger partial charge in [-0.15, -0.1) is 0 Å². The summed E-state index contributed by atoms with van der Waals surface area (Å²) in [6.45, 7) is 1.69. The van der Waals surface area contributed by atoms with Crippen molar-refractivity contribution >= 4 is 39.8 Å². The summed E-state index contributed by atoms with van der Waals surface area (Å²) in [6, 6.07) is 15.8. The first-order valence-electron chi connectivity index (χ1n) is 6.47. The van der Waals surface area contributed by atoms with E-state index in [4.69, 9.17) is 23.2 Å². The highest BCUT2D eigenvalue weighted by Crippen LogP contribution is 2.22. The Morgan fingerprint density at radius 1 is 1.00 bits per heavy atom. The van der Waals surface area contributed by atoms with E-state index in [1.807, 2.05) is 42.5 Å². The van der Waals surface area contributed by atoms with E-state index in [9.17, 15) is 0 Å². The number of halogens is 2. The standard InChI is InChI=1S/C16H14Cl2N2/c17-13-5-6-16-12(11-13)7-9-20(16)10-8-19-15-4-2-1-3-14(15)18/h1-7,9,11,19H,8,10H2. The van der Waals surface area contributed by atoms with E-state index >= 15 is 0 Å². The monoisotopic (exact) mass is 304 g/mol. The zero-order chi connectivity index (χ0) is 13.9. The Hall–Kier alpha value is -1.64. The first kappa shape index (κ1) is 13.3. The normalized spacial score (nSPS) is 10.9. The summed E-state index contributed by atoms with van der Waals surface area (Å²) < 4.78 is 2.20. The second-order valence-electron chi connectivity index (χ2n) is 4.62. The highest BCUT2D eigenvalue weighted by atomic mass is 35.5. The minimum Gasteiger partial charge on any atom is -0.382 e. The van der Waals surface area contributed by atoms with Crippen LogP contribution in [0.5, 0.6) is 0 Å². The Labute approximate surface area is 127 Å². The van der Waals surface area contributed by atoms with Crippen molar-refractivity contribution in [2.75, 3.05) is 11.9 Å². The van der Waals surface area contributed by atoms with E-state index in [1.54, 1.807) is 0 Å². The molecule has 2 nitrogen and oxygen atoms in total. The molecule has 102 valence electrons. The molecule has 0 radical (unpaired) electrons. The summed E-state index contributed by atoms with van der Waals surface area (Å²) in [5.41, 5.74) is 2.16. The van der Waals surface area contributed by atoms with Crippen LogP contribution in [0.4, 0.5) is 5.69 Å². The third-order valence-electron chi connectivity index (χ3n) is 3.28. The number of nitrogens with one attached hydrogen (secondary N) is 1. The number of hydrogen-bond acceptors (Lipinski definition) is 1. The summed E-state index contributed by atoms with van der Waals surface area (Å²) in [5, 5.41) is 6.03. The lowest BCUT2D eigenvalue weighted by Crippen LogP contribution is -2.09. The molecule has 0 aliphatic carbocycles. The topological polar surface area (TPSA) is 17.0 Å². The predicted octanol–water partition coefficient (Wildman–Crippen LogP) is 5.06. The summed E-state index contributed by atoms with van der Waals surface area (Å²) in [5.74, 6) is 0. The minimum atomic E-state index is 0.747. The van der Waals surface area contributed by atoms with E-state index < -0.39 is 0 Å². The average molecular weight is 305 g/mol. The molecule has 0 aliphatic rings. The SMILES string of the molecule is Clc1ccc2c(ccn2CCNc2ccccc2Cl)c1. The van der Waals surface area contributed by atoms with Crippen LogP contribution in [0.1, 0.15) is 0 Å². The van der Waals surface area contributed by atoms with E-state index in [1.165, 1.54) is 5.52 Å². The number of anilines is 1. The predicted molar refractivity (Wildman–Crippen MR) is 86.9 cm³/mol. The van der Waals surface area contributed by atoms with Crippen molar-refractivity contribution in [3.63, 3.8) is 0 Å². The maximum Gasteiger partial charge on any atom is 0.0637 e. The Kier molecular flexibility index (Phi) is 3.86. The van der Waals surface area contributed by atoms with Crippen LogP contribution in [-0.2, 0) is 6.54 Å². The van der Waals surface area contributed by atoms with Gasteiger partial charge in [0.15, 0.2) is 0 Å². The molecule has 0 aliphatic heterocycles. The van der Waals surface area contributed by atoms with Crippen LogP contribution in [0, 0.1) is 0 Å². The zero-order valence-corrected chi connectivity index (χ0v) is 12.3. The van der Waals surface area contributed by atoms with Crippen molar-refractivity contribution in [1.82, 2.24) is 4.57 Å². The molecule has 0 fully saturated rings. The number of benzene rings is 2. The molecule has 0 bridgehead atoms. The maximum atomic E-state index is 6.11. The largest absolute Gasteiger partial charge is 0.382 e. The van der Waals surface area contributed by atoms with Gasteiger partial charge in [0.1, 0.15) is 0 Å². The lowest BCUT2D eigenvalue weighted by molar-refractivity contribution is 0.757. The highest BCUT2D eigenvalue weighted by molar-refractivity contribution is 6.33. The van der Waals surface area contributed by atoms with Crippen molar-refractivity contribution in [2.45, 2.75) is 6.54 Å². The van der Waals surface area contributed by atoms with E-state index in [-0.39, 0.29) is 0 Å². The Bertz CT molecular complexity index is 734. The van der Waals surface area contributed by atoms with Gasteiger partial charge < -0.3 is 9.88 Å². The van der Waals surface area contributed by atoms with Gasteiger partial charge in [0.2, 0.25) is 0 Å². The smallest absolute Gasteiger partial charge is 0.0637 e. The lowest BCUT2D eigenvalue weighted by Gasteiger charge is -2.10. The van der Waals surface area contributed by atoms with Crippen LogP contribution in [0.15, 0.2) is 54.7 Å². The number of nitrogens with zero attached hydrogens (tertiary/aromatic N) is 1. The summed E-state index contributed by atoms with van der Waals surface area (Å²) in [4.78, 5) is 0. The van der Waals surface area contributed by atoms with E-state index in [0.29, 0.717) is 0 Å². The van der Waals surface area contributed by atoms with Crippen molar-refractivity contribution in [1.29, 1.82) is 0 Å². The first-order chi connectivity index (χ1) is 9.74. The number of para-hydroxylation sites is 1. The van der Waals surface area contributed by atoms with Gasteiger partial charge in [-0.25, -0.2) is 0 Å². The van der Waals surface area contributed by atoms with Gasteiger partial charge >= 0.3 is 0 Å². The molecule has 0 spiro atoms. The van der Waals surface area contributed by atoms with Gasteiger partial charge in [0.25, 0.3) is 0 Å². The molecule has 1 heterocycles. The third-order valence-corrected chi connectivity index (χ3v) is 3.84. The fourth-order valence-electron chi connectivity index (χ4n) is 2.28. The third kappa shape index (κ3) is 2.77. The fourth-order valence-corrected chi connectivity index (χ4v) is 2.66. The Morgan fingerprint density at radius 3 is 2.70 bits per heavy atom. The average Bonchev–Trinajstić information content (AvgIpc) is 2.83. The molecule has 3 rings (SSSR count). The Morgan fingerprint density at radius 2 is 1.85 bits per heavy atom. The van der Waals surface area contributed by atoms with Gasteiger partial charge in [-0.3, -0.25) is 0 Å². The number of rotatable bonds is 4. The second-order valence-corrected chi connectivity index (χ2v) is 5.46. The van der Waals surface area contributed by atoms with Crippen LogP contribution >= 0.6 is 23.2 Å². The minimum absolute atomic E-state index is 0.747. The molecule has 3 aromatic rings. The van der Waals surface area contributed by atoms with Gasteiger partial charge in [0, 0.05) is 35.2 Å². The number of hydrogen-bond donors (Lipinski definition) is 1. The summed E-state index contributed by atoms with van der Waals surface area (Å²) in [6.07, 6.45) is 2.08. The van der Waals surface area contributed by atoms with Gasteiger partial charge in [0.05, 0.1) is 10.7 Å². The molecule has 0 amide bonds. The van der Waals surface area contributed by atoms with Crippen LogP contribution in [0.25, 0.3) is 10.9 Å². The van der Waals surface area contributed by atoms with Crippen molar-refractivity contribution in [3.8, 4) is 0 Å². The molecule has 1 aromatic heterocycles.